The third-order valence-electron chi connectivity index (χ3n) is 3.21. The summed E-state index contributed by atoms with van der Waals surface area (Å²) >= 11 is 0. The second kappa shape index (κ2) is 7.13. The van der Waals surface area contributed by atoms with Crippen LogP contribution in [0.4, 0.5) is 0 Å². The standard InChI is InChI=1S/C13H25N5O/c1-5-11-7-12(18(6-2)15-11)9-17(4)8-10(3)13(14)16-19/h7,10,19H,5-6,8-9H2,1-4H3,(H2,14,16). The fraction of sp³-hybridized carbons (Fsp3) is 0.692. The van der Waals surface area contributed by atoms with Crippen LogP contribution >= 0.6 is 0 Å². The Bertz CT molecular complexity index is 427. The Morgan fingerprint density at radius 1 is 1.58 bits per heavy atom. The van der Waals surface area contributed by atoms with Crippen molar-refractivity contribution in [2.75, 3.05) is 13.6 Å². The van der Waals surface area contributed by atoms with E-state index in [4.69, 9.17) is 10.9 Å². The molecule has 1 heterocycles. The van der Waals surface area contributed by atoms with Crippen molar-refractivity contribution in [1.29, 1.82) is 0 Å². The molecule has 0 bridgehead atoms. The van der Waals surface area contributed by atoms with Gasteiger partial charge in [-0.25, -0.2) is 0 Å². The summed E-state index contributed by atoms with van der Waals surface area (Å²) in [5.41, 5.74) is 7.92. The van der Waals surface area contributed by atoms with E-state index < -0.39 is 0 Å². The van der Waals surface area contributed by atoms with Gasteiger partial charge in [0.2, 0.25) is 0 Å². The van der Waals surface area contributed by atoms with E-state index in [1.165, 1.54) is 5.69 Å². The predicted molar refractivity (Wildman–Crippen MR) is 76.2 cm³/mol. The number of amidine groups is 1. The van der Waals surface area contributed by atoms with Crippen LogP contribution in [-0.4, -0.2) is 39.3 Å². The zero-order valence-electron chi connectivity index (χ0n) is 12.3. The summed E-state index contributed by atoms with van der Waals surface area (Å²) in [6.45, 7) is 8.57. The van der Waals surface area contributed by atoms with Gasteiger partial charge >= 0.3 is 0 Å². The molecule has 0 amide bonds. The highest BCUT2D eigenvalue weighted by Crippen LogP contribution is 2.09. The molecule has 0 saturated carbocycles. The molecule has 6 nitrogen and oxygen atoms in total. The Kier molecular flexibility index (Phi) is 5.82. The minimum absolute atomic E-state index is 0.0265. The van der Waals surface area contributed by atoms with Gasteiger partial charge in [-0.3, -0.25) is 9.58 Å². The van der Waals surface area contributed by atoms with Gasteiger partial charge in [0.25, 0.3) is 0 Å². The van der Waals surface area contributed by atoms with Crippen LogP contribution in [-0.2, 0) is 19.5 Å². The van der Waals surface area contributed by atoms with Gasteiger partial charge in [-0.15, -0.1) is 0 Å². The van der Waals surface area contributed by atoms with Gasteiger partial charge in [-0.2, -0.15) is 5.10 Å². The van der Waals surface area contributed by atoms with Crippen LogP contribution in [0.15, 0.2) is 11.2 Å². The van der Waals surface area contributed by atoms with E-state index >= 15 is 0 Å². The van der Waals surface area contributed by atoms with Crippen LogP contribution in [0.25, 0.3) is 0 Å². The van der Waals surface area contributed by atoms with E-state index in [2.05, 4.69) is 35.1 Å². The summed E-state index contributed by atoms with van der Waals surface area (Å²) in [5.74, 6) is 0.295. The van der Waals surface area contributed by atoms with E-state index in [0.717, 1.165) is 31.7 Å². The molecule has 1 unspecified atom stereocenters. The first-order chi connectivity index (χ1) is 9.01. The maximum atomic E-state index is 8.66. The lowest BCUT2D eigenvalue weighted by atomic mass is 10.1. The Hall–Kier alpha value is -1.56. The quantitative estimate of drug-likeness (QED) is 0.337. The molecule has 0 saturated heterocycles. The minimum atomic E-state index is 0.0265. The van der Waals surface area contributed by atoms with Crippen LogP contribution in [0.2, 0.25) is 0 Å². The zero-order valence-corrected chi connectivity index (χ0v) is 12.3. The molecule has 0 radical (unpaired) electrons. The average molecular weight is 267 g/mol. The van der Waals surface area contributed by atoms with Crippen LogP contribution in [0.5, 0.6) is 0 Å². The van der Waals surface area contributed by atoms with Crippen molar-refractivity contribution in [2.45, 2.75) is 40.3 Å². The number of nitrogens with two attached hydrogens (primary N) is 1. The van der Waals surface area contributed by atoms with Crippen molar-refractivity contribution in [3.05, 3.63) is 17.5 Å². The number of oxime groups is 1. The maximum absolute atomic E-state index is 8.66. The highest BCUT2D eigenvalue weighted by Gasteiger charge is 2.13. The molecule has 3 N–H and O–H groups in total. The molecule has 0 aliphatic heterocycles. The number of nitrogens with zero attached hydrogens (tertiary/aromatic N) is 4. The van der Waals surface area contributed by atoms with E-state index in [-0.39, 0.29) is 11.8 Å². The van der Waals surface area contributed by atoms with Gasteiger partial charge in [-0.05, 0) is 26.5 Å². The zero-order chi connectivity index (χ0) is 14.4. The Labute approximate surface area is 114 Å². The van der Waals surface area contributed by atoms with Crippen molar-refractivity contribution >= 4 is 5.84 Å². The van der Waals surface area contributed by atoms with Crippen LogP contribution in [0, 0.1) is 5.92 Å². The van der Waals surface area contributed by atoms with Crippen molar-refractivity contribution in [2.24, 2.45) is 16.8 Å². The van der Waals surface area contributed by atoms with Gasteiger partial charge in [0.05, 0.1) is 11.4 Å². The number of rotatable bonds is 7. The van der Waals surface area contributed by atoms with Gasteiger partial charge in [-0.1, -0.05) is 19.0 Å². The average Bonchev–Trinajstić information content (AvgIpc) is 2.79. The second-order valence-corrected chi connectivity index (χ2v) is 4.92. The van der Waals surface area contributed by atoms with Crippen LogP contribution in [0.1, 0.15) is 32.2 Å². The highest BCUT2D eigenvalue weighted by atomic mass is 16.4. The third kappa shape index (κ3) is 4.24. The third-order valence-corrected chi connectivity index (χ3v) is 3.21. The summed E-state index contributed by atoms with van der Waals surface area (Å²) in [4.78, 5) is 2.16. The molecule has 0 fully saturated rings. The first-order valence-electron chi connectivity index (χ1n) is 6.73. The van der Waals surface area contributed by atoms with Crippen molar-refractivity contribution in [3.8, 4) is 0 Å². The first-order valence-corrected chi connectivity index (χ1v) is 6.73. The van der Waals surface area contributed by atoms with Crippen molar-refractivity contribution < 1.29 is 5.21 Å². The fourth-order valence-electron chi connectivity index (χ4n) is 2.09. The van der Waals surface area contributed by atoms with Gasteiger partial charge in [0, 0.05) is 25.6 Å². The lowest BCUT2D eigenvalue weighted by Gasteiger charge is -2.20. The SMILES string of the molecule is CCc1cc(CN(C)CC(C)C(N)=NO)n(CC)n1. The smallest absolute Gasteiger partial charge is 0.143 e. The van der Waals surface area contributed by atoms with Gasteiger partial charge in [0.1, 0.15) is 5.84 Å². The highest BCUT2D eigenvalue weighted by molar-refractivity contribution is 5.82. The van der Waals surface area contributed by atoms with Crippen molar-refractivity contribution in [1.82, 2.24) is 14.7 Å². The Morgan fingerprint density at radius 2 is 2.26 bits per heavy atom. The molecule has 6 heteroatoms. The van der Waals surface area contributed by atoms with E-state index in [1.807, 2.05) is 18.7 Å². The maximum Gasteiger partial charge on any atom is 0.143 e. The molecule has 108 valence electrons. The van der Waals surface area contributed by atoms with Crippen molar-refractivity contribution in [3.63, 3.8) is 0 Å². The molecular weight excluding hydrogens is 242 g/mol. The first kappa shape index (κ1) is 15.5. The lowest BCUT2D eigenvalue weighted by Crippen LogP contribution is -2.32. The number of hydrogen-bond acceptors (Lipinski definition) is 4. The van der Waals surface area contributed by atoms with Gasteiger partial charge in [0.15, 0.2) is 0 Å². The topological polar surface area (TPSA) is 79.7 Å². The molecule has 0 aliphatic rings. The molecule has 1 aromatic rings. The molecule has 1 aromatic heterocycles. The number of aryl methyl sites for hydroxylation is 2. The minimum Gasteiger partial charge on any atom is -0.409 e. The van der Waals surface area contributed by atoms with Gasteiger partial charge < -0.3 is 10.9 Å². The number of aromatic nitrogens is 2. The predicted octanol–water partition coefficient (Wildman–Crippen LogP) is 1.28. The summed E-state index contributed by atoms with van der Waals surface area (Å²) in [6, 6.07) is 2.15. The van der Waals surface area contributed by atoms with E-state index in [0.29, 0.717) is 0 Å². The Morgan fingerprint density at radius 3 is 2.79 bits per heavy atom. The molecule has 0 aliphatic carbocycles. The molecular formula is C13H25N5O. The fourth-order valence-corrected chi connectivity index (χ4v) is 2.09. The largest absolute Gasteiger partial charge is 0.409 e. The summed E-state index contributed by atoms with van der Waals surface area (Å²) < 4.78 is 2.03. The number of hydrogen-bond donors (Lipinski definition) is 2. The molecule has 1 atom stereocenters. The van der Waals surface area contributed by atoms with Crippen LogP contribution < -0.4 is 5.73 Å². The normalized spacial score (nSPS) is 14.1. The monoisotopic (exact) mass is 267 g/mol. The van der Waals surface area contributed by atoms with E-state index in [9.17, 15) is 0 Å². The molecule has 19 heavy (non-hydrogen) atoms. The Balaban J connectivity index is 2.66. The molecule has 0 spiro atoms. The lowest BCUT2D eigenvalue weighted by molar-refractivity contribution is 0.284. The molecule has 0 aromatic carbocycles. The second-order valence-electron chi connectivity index (χ2n) is 4.92. The van der Waals surface area contributed by atoms with E-state index in [1.54, 1.807) is 0 Å². The summed E-state index contributed by atoms with van der Waals surface area (Å²) in [5, 5.41) is 16.2. The van der Waals surface area contributed by atoms with Crippen LogP contribution in [0.3, 0.4) is 0 Å². The summed E-state index contributed by atoms with van der Waals surface area (Å²) in [6.07, 6.45) is 0.949. The molecule has 1 rings (SSSR count). The summed E-state index contributed by atoms with van der Waals surface area (Å²) in [7, 11) is 2.03.